The number of nitrogens with zero attached hydrogens (tertiary/aromatic N) is 1. The molecule has 0 saturated carbocycles. The van der Waals surface area contributed by atoms with E-state index in [1.807, 2.05) is 0 Å². The van der Waals surface area contributed by atoms with Gasteiger partial charge in [-0.15, -0.1) is 0 Å². The van der Waals surface area contributed by atoms with Crippen LogP contribution in [0.1, 0.15) is 12.0 Å². The second-order valence-electron chi connectivity index (χ2n) is 3.51. The lowest BCUT2D eigenvalue weighted by molar-refractivity contribution is 0.590. The summed E-state index contributed by atoms with van der Waals surface area (Å²) in [5, 5.41) is 11.7. The summed E-state index contributed by atoms with van der Waals surface area (Å²) < 4.78 is 37.1. The summed E-state index contributed by atoms with van der Waals surface area (Å²) in [5.41, 5.74) is -0.0812. The lowest BCUT2D eigenvalue weighted by Gasteiger charge is -2.09. The van der Waals surface area contributed by atoms with Gasteiger partial charge in [-0.25, -0.2) is 12.8 Å². The average molecular weight is 240 g/mol. The van der Waals surface area contributed by atoms with E-state index in [1.165, 1.54) is 6.07 Å². The third kappa shape index (κ3) is 1.63. The second kappa shape index (κ2) is 3.76. The quantitative estimate of drug-likeness (QED) is 0.741. The van der Waals surface area contributed by atoms with E-state index < -0.39 is 21.2 Å². The Hall–Kier alpha value is -1.61. The van der Waals surface area contributed by atoms with Crippen LogP contribution in [0, 0.1) is 17.1 Å². The predicted molar refractivity (Wildman–Crippen MR) is 56.3 cm³/mol. The van der Waals surface area contributed by atoms with Gasteiger partial charge in [-0.2, -0.15) is 5.26 Å². The standard InChI is InChI=1S/C10H9FN2O2S/c11-8-2-3-9-10(7(8)6-12)16(14,15)5-1-4-13-9/h2-3,13H,1,4-5H2. The highest BCUT2D eigenvalue weighted by atomic mass is 32.2. The van der Waals surface area contributed by atoms with Crippen molar-refractivity contribution in [2.75, 3.05) is 17.6 Å². The molecule has 0 radical (unpaired) electrons. The molecule has 16 heavy (non-hydrogen) atoms. The van der Waals surface area contributed by atoms with Crippen LogP contribution in [0.5, 0.6) is 0 Å². The van der Waals surface area contributed by atoms with Gasteiger partial charge in [0, 0.05) is 6.54 Å². The van der Waals surface area contributed by atoms with Gasteiger partial charge in [0.15, 0.2) is 9.84 Å². The van der Waals surface area contributed by atoms with Crippen LogP contribution in [0.3, 0.4) is 0 Å². The average Bonchev–Trinajstić information content (AvgIpc) is 2.38. The number of fused-ring (bicyclic) bond motifs is 1. The van der Waals surface area contributed by atoms with Crippen molar-refractivity contribution in [3.63, 3.8) is 0 Å². The van der Waals surface area contributed by atoms with Gasteiger partial charge in [-0.3, -0.25) is 0 Å². The van der Waals surface area contributed by atoms with Crippen LogP contribution in [0.2, 0.25) is 0 Å². The van der Waals surface area contributed by atoms with Gasteiger partial charge in [0.2, 0.25) is 0 Å². The van der Waals surface area contributed by atoms with Crippen LogP contribution in [-0.2, 0) is 9.84 Å². The monoisotopic (exact) mass is 240 g/mol. The topological polar surface area (TPSA) is 70.0 Å². The Kier molecular flexibility index (Phi) is 2.56. The highest BCUT2D eigenvalue weighted by Gasteiger charge is 2.27. The van der Waals surface area contributed by atoms with Crippen molar-refractivity contribution in [3.8, 4) is 6.07 Å². The minimum atomic E-state index is -3.57. The fourth-order valence-electron chi connectivity index (χ4n) is 1.71. The van der Waals surface area contributed by atoms with Crippen molar-refractivity contribution in [3.05, 3.63) is 23.5 Å². The molecule has 1 aromatic rings. The lowest BCUT2D eigenvalue weighted by Crippen LogP contribution is -2.08. The van der Waals surface area contributed by atoms with Crippen LogP contribution >= 0.6 is 0 Å². The fourth-order valence-corrected chi connectivity index (χ4v) is 3.37. The first-order chi connectivity index (χ1) is 7.56. The Morgan fingerprint density at radius 2 is 2.19 bits per heavy atom. The molecule has 1 aromatic carbocycles. The molecule has 0 saturated heterocycles. The van der Waals surface area contributed by atoms with E-state index in [1.54, 1.807) is 6.07 Å². The Morgan fingerprint density at radius 1 is 1.44 bits per heavy atom. The molecule has 2 rings (SSSR count). The summed E-state index contributed by atoms with van der Waals surface area (Å²) >= 11 is 0. The van der Waals surface area contributed by atoms with Gasteiger partial charge in [-0.1, -0.05) is 0 Å². The number of hydrogen-bond acceptors (Lipinski definition) is 4. The maximum absolute atomic E-state index is 13.3. The molecule has 1 heterocycles. The molecule has 1 aliphatic rings. The zero-order chi connectivity index (χ0) is 11.8. The van der Waals surface area contributed by atoms with Gasteiger partial charge in [0.05, 0.1) is 11.4 Å². The molecular formula is C10H9FN2O2S. The number of nitriles is 1. The molecular weight excluding hydrogens is 231 g/mol. The smallest absolute Gasteiger partial charge is 0.181 e. The number of nitrogens with one attached hydrogen (secondary N) is 1. The van der Waals surface area contributed by atoms with Crippen LogP contribution in [0.4, 0.5) is 10.1 Å². The van der Waals surface area contributed by atoms with Crippen molar-refractivity contribution in [1.82, 2.24) is 0 Å². The minimum absolute atomic E-state index is 0.0644. The van der Waals surface area contributed by atoms with Gasteiger partial charge in [0.25, 0.3) is 0 Å². The van der Waals surface area contributed by atoms with Crippen LogP contribution in [0.25, 0.3) is 0 Å². The molecule has 0 aliphatic carbocycles. The highest BCUT2D eigenvalue weighted by molar-refractivity contribution is 7.91. The van der Waals surface area contributed by atoms with E-state index in [9.17, 15) is 12.8 Å². The molecule has 0 unspecified atom stereocenters. The van der Waals surface area contributed by atoms with E-state index in [4.69, 9.17) is 5.26 Å². The summed E-state index contributed by atoms with van der Waals surface area (Å²) in [7, 11) is -3.57. The molecule has 6 heteroatoms. The van der Waals surface area contributed by atoms with Gasteiger partial charge in [0.1, 0.15) is 22.3 Å². The molecule has 1 N–H and O–H groups in total. The number of anilines is 1. The Balaban J connectivity index is 2.81. The van der Waals surface area contributed by atoms with Crippen molar-refractivity contribution in [2.45, 2.75) is 11.3 Å². The van der Waals surface area contributed by atoms with Crippen LogP contribution < -0.4 is 5.32 Å². The Labute approximate surface area is 92.6 Å². The number of halogens is 1. The van der Waals surface area contributed by atoms with Gasteiger partial charge in [-0.05, 0) is 18.6 Å². The van der Waals surface area contributed by atoms with E-state index >= 15 is 0 Å². The van der Waals surface area contributed by atoms with Crippen LogP contribution in [-0.4, -0.2) is 20.7 Å². The van der Waals surface area contributed by atoms with E-state index in [0.29, 0.717) is 18.7 Å². The first-order valence-corrected chi connectivity index (χ1v) is 6.41. The second-order valence-corrected chi connectivity index (χ2v) is 5.56. The number of hydrogen-bond donors (Lipinski definition) is 1. The summed E-state index contributed by atoms with van der Waals surface area (Å²) in [6.07, 6.45) is 0.448. The van der Waals surface area contributed by atoms with Crippen molar-refractivity contribution >= 4 is 15.5 Å². The summed E-state index contributed by atoms with van der Waals surface area (Å²) in [6.45, 7) is 0.503. The minimum Gasteiger partial charge on any atom is -0.384 e. The molecule has 84 valence electrons. The highest BCUT2D eigenvalue weighted by Crippen LogP contribution is 2.30. The maximum Gasteiger partial charge on any atom is 0.181 e. The normalized spacial score (nSPS) is 17.8. The Morgan fingerprint density at radius 3 is 2.88 bits per heavy atom. The number of benzene rings is 1. The summed E-state index contributed by atoms with van der Waals surface area (Å²) in [5.74, 6) is -0.862. The molecule has 0 spiro atoms. The molecule has 1 aliphatic heterocycles. The zero-order valence-corrected chi connectivity index (χ0v) is 9.14. The molecule has 0 atom stereocenters. The third-order valence-corrected chi connectivity index (χ3v) is 4.31. The van der Waals surface area contributed by atoms with Gasteiger partial charge >= 0.3 is 0 Å². The van der Waals surface area contributed by atoms with Crippen molar-refractivity contribution in [2.24, 2.45) is 0 Å². The first kappa shape index (κ1) is 10.9. The molecule has 0 amide bonds. The van der Waals surface area contributed by atoms with E-state index in [0.717, 1.165) is 6.07 Å². The predicted octanol–water partition coefficient (Wildman–Crippen LogP) is 1.29. The van der Waals surface area contributed by atoms with Gasteiger partial charge < -0.3 is 5.32 Å². The number of sulfone groups is 1. The number of rotatable bonds is 0. The van der Waals surface area contributed by atoms with E-state index in [2.05, 4.69) is 5.32 Å². The molecule has 0 bridgehead atoms. The lowest BCUT2D eigenvalue weighted by atomic mass is 10.2. The molecule has 4 nitrogen and oxygen atoms in total. The van der Waals surface area contributed by atoms with E-state index in [-0.39, 0.29) is 10.6 Å². The largest absolute Gasteiger partial charge is 0.384 e. The zero-order valence-electron chi connectivity index (χ0n) is 8.33. The Bertz CT molecular complexity index is 575. The molecule has 0 fully saturated rings. The van der Waals surface area contributed by atoms with Crippen molar-refractivity contribution in [1.29, 1.82) is 5.26 Å². The maximum atomic E-state index is 13.3. The molecule has 0 aromatic heterocycles. The van der Waals surface area contributed by atoms with Crippen molar-refractivity contribution < 1.29 is 12.8 Å². The third-order valence-electron chi connectivity index (χ3n) is 2.43. The summed E-state index contributed by atoms with van der Waals surface area (Å²) in [6, 6.07) is 4.07. The fraction of sp³-hybridized carbons (Fsp3) is 0.300. The SMILES string of the molecule is N#Cc1c(F)ccc2c1S(=O)(=O)CCCN2. The first-order valence-electron chi connectivity index (χ1n) is 4.75. The summed E-state index contributed by atoms with van der Waals surface area (Å²) in [4.78, 5) is -0.201. The van der Waals surface area contributed by atoms with Crippen LogP contribution in [0.15, 0.2) is 17.0 Å².